The Morgan fingerprint density at radius 1 is 1.29 bits per heavy atom. The molecule has 2 aromatic heterocycles. The summed E-state index contributed by atoms with van der Waals surface area (Å²) >= 11 is 1.74. The molecule has 2 heterocycles. The Bertz CT molecular complexity index is 476. The molecule has 1 aliphatic rings. The third-order valence-corrected chi connectivity index (χ3v) is 3.79. The average molecular weight is 245 g/mol. The topological polar surface area (TPSA) is 37.8 Å². The molecule has 3 rings (SSSR count). The van der Waals surface area contributed by atoms with Crippen LogP contribution in [0, 0.1) is 0 Å². The van der Waals surface area contributed by atoms with E-state index in [-0.39, 0.29) is 0 Å². The molecular formula is C13H15N3S. The average Bonchev–Trinajstić information content (AvgIpc) is 3.07. The van der Waals surface area contributed by atoms with E-state index in [0.717, 1.165) is 30.3 Å². The van der Waals surface area contributed by atoms with Crippen LogP contribution in [0.1, 0.15) is 17.8 Å². The maximum absolute atomic E-state index is 4.65. The van der Waals surface area contributed by atoms with Crippen LogP contribution < -0.4 is 5.32 Å². The van der Waals surface area contributed by atoms with Crippen molar-refractivity contribution < 1.29 is 0 Å². The first kappa shape index (κ1) is 10.9. The van der Waals surface area contributed by atoms with Crippen molar-refractivity contribution in [3.8, 4) is 11.3 Å². The van der Waals surface area contributed by atoms with Gasteiger partial charge in [-0.25, -0.2) is 4.98 Å². The van der Waals surface area contributed by atoms with Crippen LogP contribution in [0.3, 0.4) is 0 Å². The second-order valence-corrected chi connectivity index (χ2v) is 5.28. The standard InChI is InChI=1S/C13H15N3S/c1-2-11(1)15-8-5-13-16-12(9-17-13)10-3-6-14-7-4-10/h3-4,6-7,9,11,15H,1-2,5,8H2. The van der Waals surface area contributed by atoms with E-state index in [2.05, 4.69) is 20.7 Å². The molecule has 0 aromatic carbocycles. The van der Waals surface area contributed by atoms with Crippen LogP contribution in [0.5, 0.6) is 0 Å². The zero-order chi connectivity index (χ0) is 11.5. The van der Waals surface area contributed by atoms with Gasteiger partial charge in [-0.05, 0) is 25.0 Å². The van der Waals surface area contributed by atoms with Gasteiger partial charge in [-0.3, -0.25) is 4.98 Å². The summed E-state index contributed by atoms with van der Waals surface area (Å²) in [6.07, 6.45) is 7.35. The summed E-state index contributed by atoms with van der Waals surface area (Å²) in [6.45, 7) is 1.05. The molecule has 0 bridgehead atoms. The van der Waals surface area contributed by atoms with Crippen molar-refractivity contribution >= 4 is 11.3 Å². The van der Waals surface area contributed by atoms with Gasteiger partial charge in [0.2, 0.25) is 0 Å². The number of rotatable bonds is 5. The van der Waals surface area contributed by atoms with Gasteiger partial charge in [0.25, 0.3) is 0 Å². The molecule has 1 saturated carbocycles. The minimum Gasteiger partial charge on any atom is -0.314 e. The van der Waals surface area contributed by atoms with Gasteiger partial charge in [-0.15, -0.1) is 11.3 Å². The van der Waals surface area contributed by atoms with Gasteiger partial charge in [-0.1, -0.05) is 0 Å². The van der Waals surface area contributed by atoms with E-state index >= 15 is 0 Å². The van der Waals surface area contributed by atoms with Crippen molar-refractivity contribution in [3.63, 3.8) is 0 Å². The Hall–Kier alpha value is -1.26. The molecule has 2 aromatic rings. The van der Waals surface area contributed by atoms with E-state index in [1.807, 2.05) is 24.5 Å². The normalized spacial score (nSPS) is 15.1. The lowest BCUT2D eigenvalue weighted by Crippen LogP contribution is -2.19. The predicted molar refractivity (Wildman–Crippen MR) is 70.1 cm³/mol. The van der Waals surface area contributed by atoms with E-state index in [1.54, 1.807) is 11.3 Å². The molecule has 1 fully saturated rings. The van der Waals surface area contributed by atoms with Crippen LogP contribution in [0.25, 0.3) is 11.3 Å². The van der Waals surface area contributed by atoms with E-state index in [4.69, 9.17) is 0 Å². The van der Waals surface area contributed by atoms with E-state index in [1.165, 1.54) is 17.8 Å². The zero-order valence-electron chi connectivity index (χ0n) is 9.60. The number of pyridine rings is 1. The molecule has 3 nitrogen and oxygen atoms in total. The fourth-order valence-electron chi connectivity index (χ4n) is 1.75. The SMILES string of the molecule is c1cc(-c2csc(CCNC3CC3)n2)ccn1. The summed E-state index contributed by atoms with van der Waals surface area (Å²) in [5.41, 5.74) is 2.22. The van der Waals surface area contributed by atoms with E-state index in [9.17, 15) is 0 Å². The molecule has 0 unspecified atom stereocenters. The molecular weight excluding hydrogens is 230 g/mol. The monoisotopic (exact) mass is 245 g/mol. The molecule has 0 saturated heterocycles. The molecule has 1 aliphatic carbocycles. The van der Waals surface area contributed by atoms with Crippen LogP contribution >= 0.6 is 11.3 Å². The summed E-state index contributed by atoms with van der Waals surface area (Å²) < 4.78 is 0. The maximum Gasteiger partial charge on any atom is 0.0945 e. The summed E-state index contributed by atoms with van der Waals surface area (Å²) in [5, 5.41) is 6.85. The minimum absolute atomic E-state index is 0.787. The molecule has 1 N–H and O–H groups in total. The van der Waals surface area contributed by atoms with Crippen molar-refractivity contribution in [1.29, 1.82) is 0 Å². The quantitative estimate of drug-likeness (QED) is 0.879. The van der Waals surface area contributed by atoms with Crippen LogP contribution in [0.2, 0.25) is 0 Å². The Balaban J connectivity index is 1.61. The molecule has 0 aliphatic heterocycles. The third-order valence-electron chi connectivity index (χ3n) is 2.88. The molecule has 88 valence electrons. The van der Waals surface area contributed by atoms with Gasteiger partial charge in [0, 0.05) is 42.3 Å². The summed E-state index contributed by atoms with van der Waals surface area (Å²) in [4.78, 5) is 8.67. The second-order valence-electron chi connectivity index (χ2n) is 4.34. The highest BCUT2D eigenvalue weighted by Gasteiger charge is 2.19. The van der Waals surface area contributed by atoms with Crippen molar-refractivity contribution in [2.75, 3.05) is 6.54 Å². The lowest BCUT2D eigenvalue weighted by Gasteiger charge is -1.99. The number of thiazole rings is 1. The highest BCUT2D eigenvalue weighted by atomic mass is 32.1. The Morgan fingerprint density at radius 2 is 2.12 bits per heavy atom. The second kappa shape index (κ2) is 4.94. The van der Waals surface area contributed by atoms with Crippen LogP contribution in [-0.2, 0) is 6.42 Å². The molecule has 4 heteroatoms. The first-order chi connectivity index (χ1) is 8.42. The first-order valence-corrected chi connectivity index (χ1v) is 6.88. The minimum atomic E-state index is 0.787. The van der Waals surface area contributed by atoms with Gasteiger partial charge in [-0.2, -0.15) is 0 Å². The number of nitrogens with one attached hydrogen (secondary N) is 1. The van der Waals surface area contributed by atoms with Gasteiger partial charge in [0.05, 0.1) is 10.7 Å². The van der Waals surface area contributed by atoms with E-state index < -0.39 is 0 Å². The van der Waals surface area contributed by atoms with Crippen molar-refractivity contribution in [1.82, 2.24) is 15.3 Å². The van der Waals surface area contributed by atoms with Crippen LogP contribution in [0.4, 0.5) is 0 Å². The molecule has 17 heavy (non-hydrogen) atoms. The number of hydrogen-bond acceptors (Lipinski definition) is 4. The van der Waals surface area contributed by atoms with Gasteiger partial charge >= 0.3 is 0 Å². The van der Waals surface area contributed by atoms with Crippen molar-refractivity contribution in [2.45, 2.75) is 25.3 Å². The van der Waals surface area contributed by atoms with Crippen LogP contribution in [-0.4, -0.2) is 22.6 Å². The number of nitrogens with zero attached hydrogens (tertiary/aromatic N) is 2. The van der Waals surface area contributed by atoms with E-state index in [0.29, 0.717) is 0 Å². The smallest absolute Gasteiger partial charge is 0.0945 e. The summed E-state index contributed by atoms with van der Waals surface area (Å²) in [7, 11) is 0. The summed E-state index contributed by atoms with van der Waals surface area (Å²) in [5.74, 6) is 0. The number of aromatic nitrogens is 2. The Kier molecular flexibility index (Phi) is 3.16. The lowest BCUT2D eigenvalue weighted by molar-refractivity contribution is 0.680. The van der Waals surface area contributed by atoms with Gasteiger partial charge in [0.1, 0.15) is 0 Å². The summed E-state index contributed by atoms with van der Waals surface area (Å²) in [6, 6.07) is 4.79. The van der Waals surface area contributed by atoms with Gasteiger partial charge < -0.3 is 5.32 Å². The maximum atomic E-state index is 4.65. The lowest BCUT2D eigenvalue weighted by atomic mass is 10.2. The van der Waals surface area contributed by atoms with Crippen LogP contribution in [0.15, 0.2) is 29.9 Å². The predicted octanol–water partition coefficient (Wildman–Crippen LogP) is 2.50. The first-order valence-electron chi connectivity index (χ1n) is 6.00. The Morgan fingerprint density at radius 3 is 2.88 bits per heavy atom. The van der Waals surface area contributed by atoms with Crippen molar-refractivity contribution in [2.24, 2.45) is 0 Å². The van der Waals surface area contributed by atoms with Crippen molar-refractivity contribution in [3.05, 3.63) is 34.9 Å². The highest BCUT2D eigenvalue weighted by molar-refractivity contribution is 7.09. The molecule has 0 amide bonds. The highest BCUT2D eigenvalue weighted by Crippen LogP contribution is 2.22. The largest absolute Gasteiger partial charge is 0.314 e. The number of hydrogen-bond donors (Lipinski definition) is 1. The molecule has 0 atom stereocenters. The third kappa shape index (κ3) is 2.90. The molecule has 0 radical (unpaired) electrons. The molecule has 0 spiro atoms. The fourth-order valence-corrected chi connectivity index (χ4v) is 2.56. The zero-order valence-corrected chi connectivity index (χ0v) is 10.4. The fraction of sp³-hybridized carbons (Fsp3) is 0.385. The van der Waals surface area contributed by atoms with Gasteiger partial charge in [0.15, 0.2) is 0 Å². The Labute approximate surface area is 105 Å².